The van der Waals surface area contributed by atoms with E-state index in [1.807, 2.05) is 6.07 Å². The molecule has 0 radical (unpaired) electrons. The van der Waals surface area contributed by atoms with E-state index >= 15 is 0 Å². The van der Waals surface area contributed by atoms with Crippen molar-refractivity contribution in [2.45, 2.75) is 0 Å². The molecule has 1 heterocycles. The molecule has 0 bridgehead atoms. The predicted molar refractivity (Wildman–Crippen MR) is 92.1 cm³/mol. The number of amides is 1. The normalized spacial score (nSPS) is 10.3. The van der Waals surface area contributed by atoms with Gasteiger partial charge in [0.2, 0.25) is 0 Å². The molecule has 2 rings (SSSR count). The molecule has 2 aromatic rings. The van der Waals surface area contributed by atoms with Gasteiger partial charge in [0.15, 0.2) is 0 Å². The lowest BCUT2D eigenvalue weighted by atomic mass is 10.2. The Morgan fingerprint density at radius 3 is 2.82 bits per heavy atom. The number of aryl methyl sites for hydroxylation is 1. The minimum Gasteiger partial charge on any atom is -0.381 e. The quantitative estimate of drug-likeness (QED) is 0.714. The van der Waals surface area contributed by atoms with Crippen LogP contribution in [0.2, 0.25) is 0 Å². The Kier molecular flexibility index (Phi) is 5.73. The Morgan fingerprint density at radius 2 is 2.09 bits per heavy atom. The molecule has 2 N–H and O–H groups in total. The molecule has 0 aliphatic rings. The average Bonchev–Trinajstić information content (AvgIpc) is 2.51. The maximum atomic E-state index is 11.9. The summed E-state index contributed by atoms with van der Waals surface area (Å²) < 4.78 is 2.52. The summed E-state index contributed by atoms with van der Waals surface area (Å²) in [5.41, 5.74) is 0.966. The molecule has 1 aromatic heterocycles. The minimum atomic E-state index is -0.219. The highest BCUT2D eigenvalue weighted by molar-refractivity contribution is 9.10. The third-order valence-corrected chi connectivity index (χ3v) is 4.15. The van der Waals surface area contributed by atoms with Gasteiger partial charge in [-0.2, -0.15) is 5.10 Å². The maximum absolute atomic E-state index is 11.9. The number of aromatic nitrogens is 2. The molecule has 0 saturated heterocycles. The molecule has 0 fully saturated rings. The van der Waals surface area contributed by atoms with Crippen molar-refractivity contribution in [3.05, 3.63) is 55.3 Å². The third kappa shape index (κ3) is 4.17. The first kappa shape index (κ1) is 16.7. The second-order valence-electron chi connectivity index (χ2n) is 4.49. The topological polar surface area (TPSA) is 76.0 Å². The number of carbonyl (C=O) groups is 1. The third-order valence-electron chi connectivity index (χ3n) is 2.89. The summed E-state index contributed by atoms with van der Waals surface area (Å²) in [5.74, 6) is -0.149. The second-order valence-corrected chi connectivity index (χ2v) is 6.20. The fourth-order valence-corrected chi connectivity index (χ4v) is 2.64. The zero-order valence-corrected chi connectivity index (χ0v) is 14.9. The molecule has 116 valence electrons. The highest BCUT2D eigenvalue weighted by Gasteiger charge is 2.07. The summed E-state index contributed by atoms with van der Waals surface area (Å²) in [6, 6.07) is 7.16. The molecule has 22 heavy (non-hydrogen) atoms. The number of nitrogens with one attached hydrogen (secondary N) is 2. The van der Waals surface area contributed by atoms with Crippen LogP contribution in [-0.4, -0.2) is 28.8 Å². The van der Waals surface area contributed by atoms with Crippen molar-refractivity contribution in [2.24, 2.45) is 7.05 Å². The lowest BCUT2D eigenvalue weighted by Gasteiger charge is -2.09. The number of rotatable bonds is 5. The van der Waals surface area contributed by atoms with Crippen LogP contribution in [0.4, 0.5) is 5.69 Å². The zero-order valence-electron chi connectivity index (χ0n) is 11.8. The molecule has 0 aliphatic carbocycles. The van der Waals surface area contributed by atoms with Gasteiger partial charge in [-0.05, 0) is 34.1 Å². The number of hydrogen-bond donors (Lipinski definition) is 2. The van der Waals surface area contributed by atoms with Gasteiger partial charge in [-0.3, -0.25) is 9.59 Å². The highest BCUT2D eigenvalue weighted by Crippen LogP contribution is 2.15. The van der Waals surface area contributed by atoms with Crippen LogP contribution in [0.15, 0.2) is 44.2 Å². The molecule has 0 aliphatic heterocycles. The minimum absolute atomic E-state index is 0.149. The van der Waals surface area contributed by atoms with Gasteiger partial charge in [-0.25, -0.2) is 4.68 Å². The smallest absolute Gasteiger partial charge is 0.282 e. The lowest BCUT2D eigenvalue weighted by molar-refractivity contribution is 0.0955. The van der Waals surface area contributed by atoms with E-state index in [1.165, 1.54) is 4.68 Å². The first-order chi connectivity index (χ1) is 10.5. The number of halogens is 2. The molecule has 6 nitrogen and oxygen atoms in total. The van der Waals surface area contributed by atoms with Crippen LogP contribution in [0.1, 0.15) is 10.4 Å². The summed E-state index contributed by atoms with van der Waals surface area (Å²) in [4.78, 5) is 23.6. The van der Waals surface area contributed by atoms with Crippen molar-refractivity contribution < 1.29 is 4.79 Å². The molecule has 0 atom stereocenters. The van der Waals surface area contributed by atoms with Crippen LogP contribution < -0.4 is 16.2 Å². The van der Waals surface area contributed by atoms with Crippen molar-refractivity contribution in [3.63, 3.8) is 0 Å². The van der Waals surface area contributed by atoms with E-state index in [1.54, 1.807) is 31.4 Å². The monoisotopic (exact) mass is 428 g/mol. The van der Waals surface area contributed by atoms with Crippen LogP contribution in [0, 0.1) is 0 Å². The number of nitrogens with zero attached hydrogens (tertiary/aromatic N) is 2. The summed E-state index contributed by atoms with van der Waals surface area (Å²) in [5, 5.41) is 9.78. The van der Waals surface area contributed by atoms with Gasteiger partial charge in [0.05, 0.1) is 11.9 Å². The molecule has 1 aromatic carbocycles. The molecule has 1 amide bonds. The fourth-order valence-electron chi connectivity index (χ4n) is 1.74. The number of carbonyl (C=O) groups excluding carboxylic acids is 1. The van der Waals surface area contributed by atoms with E-state index in [-0.39, 0.29) is 11.5 Å². The SMILES string of the molecule is Cn1ncc(NCCNC(=O)c2cccc(Br)c2)c(Br)c1=O. The van der Waals surface area contributed by atoms with E-state index in [2.05, 4.69) is 47.6 Å². The number of hydrogen-bond acceptors (Lipinski definition) is 4. The Balaban J connectivity index is 1.86. The summed E-state index contributed by atoms with van der Waals surface area (Å²) in [7, 11) is 1.58. The second kappa shape index (κ2) is 7.55. The molecule has 0 unspecified atom stereocenters. The van der Waals surface area contributed by atoms with Gasteiger partial charge in [0.25, 0.3) is 11.5 Å². The van der Waals surface area contributed by atoms with Crippen LogP contribution in [0.3, 0.4) is 0 Å². The number of benzene rings is 1. The van der Waals surface area contributed by atoms with Crippen LogP contribution in [0.5, 0.6) is 0 Å². The van der Waals surface area contributed by atoms with E-state index in [0.29, 0.717) is 28.8 Å². The van der Waals surface area contributed by atoms with E-state index < -0.39 is 0 Å². The standard InChI is InChI=1S/C14H14Br2N4O2/c1-20-14(22)12(16)11(8-19-20)17-5-6-18-13(21)9-3-2-4-10(15)7-9/h2-4,7-8,17H,5-6H2,1H3,(H,18,21). The lowest BCUT2D eigenvalue weighted by Crippen LogP contribution is -2.29. The van der Waals surface area contributed by atoms with Crippen LogP contribution in [0.25, 0.3) is 0 Å². The van der Waals surface area contributed by atoms with E-state index in [9.17, 15) is 9.59 Å². The Morgan fingerprint density at radius 1 is 1.32 bits per heavy atom. The average molecular weight is 430 g/mol. The van der Waals surface area contributed by atoms with Crippen molar-refractivity contribution in [1.29, 1.82) is 0 Å². The highest BCUT2D eigenvalue weighted by atomic mass is 79.9. The predicted octanol–water partition coefficient (Wildman–Crippen LogP) is 2.15. The Bertz CT molecular complexity index is 746. The first-order valence-electron chi connectivity index (χ1n) is 6.48. The van der Waals surface area contributed by atoms with Gasteiger partial charge < -0.3 is 10.6 Å². The van der Waals surface area contributed by atoms with Crippen molar-refractivity contribution >= 4 is 43.5 Å². The summed E-state index contributed by atoms with van der Waals surface area (Å²) in [6.45, 7) is 0.903. The molecule has 8 heteroatoms. The zero-order chi connectivity index (χ0) is 16.1. The van der Waals surface area contributed by atoms with Crippen molar-refractivity contribution in [1.82, 2.24) is 15.1 Å². The Labute approximate surface area is 144 Å². The summed E-state index contributed by atoms with van der Waals surface area (Å²) >= 11 is 6.56. The Hall–Kier alpha value is -1.67. The molecular weight excluding hydrogens is 416 g/mol. The van der Waals surface area contributed by atoms with Gasteiger partial charge >= 0.3 is 0 Å². The van der Waals surface area contributed by atoms with E-state index in [0.717, 1.165) is 4.47 Å². The van der Waals surface area contributed by atoms with E-state index in [4.69, 9.17) is 0 Å². The molecule has 0 spiro atoms. The van der Waals surface area contributed by atoms with Crippen molar-refractivity contribution in [2.75, 3.05) is 18.4 Å². The van der Waals surface area contributed by atoms with Crippen LogP contribution >= 0.6 is 31.9 Å². The summed E-state index contributed by atoms with van der Waals surface area (Å²) in [6.07, 6.45) is 1.56. The van der Waals surface area contributed by atoms with Gasteiger partial charge in [0.1, 0.15) is 4.47 Å². The van der Waals surface area contributed by atoms with Crippen molar-refractivity contribution in [3.8, 4) is 0 Å². The first-order valence-corrected chi connectivity index (χ1v) is 8.07. The molecule has 0 saturated carbocycles. The van der Waals surface area contributed by atoms with Gasteiger partial charge in [-0.1, -0.05) is 22.0 Å². The maximum Gasteiger partial charge on any atom is 0.282 e. The largest absolute Gasteiger partial charge is 0.381 e. The van der Waals surface area contributed by atoms with Gasteiger partial charge in [-0.15, -0.1) is 0 Å². The number of anilines is 1. The fraction of sp³-hybridized carbons (Fsp3) is 0.214. The molecular formula is C14H14Br2N4O2. The van der Waals surface area contributed by atoms with Crippen LogP contribution in [-0.2, 0) is 7.05 Å². The van der Waals surface area contributed by atoms with Gasteiger partial charge in [0, 0.05) is 30.2 Å².